The molecule has 2 N–H and O–H groups in total. The summed E-state index contributed by atoms with van der Waals surface area (Å²) in [6, 6.07) is 3.70. The van der Waals surface area contributed by atoms with Crippen LogP contribution in [-0.2, 0) is 10.0 Å². The monoisotopic (exact) mass is 316 g/mol. The predicted molar refractivity (Wildman–Crippen MR) is 80.1 cm³/mol. The van der Waals surface area contributed by atoms with Crippen molar-refractivity contribution in [1.82, 2.24) is 4.31 Å². The molecule has 0 bridgehead atoms. The van der Waals surface area contributed by atoms with Gasteiger partial charge in [0.05, 0.1) is 18.0 Å². The summed E-state index contributed by atoms with van der Waals surface area (Å²) in [5.74, 6) is -0.156. The lowest BCUT2D eigenvalue weighted by Crippen LogP contribution is -2.48. The molecule has 1 saturated carbocycles. The number of hydrogen-bond donors (Lipinski definition) is 1. The summed E-state index contributed by atoms with van der Waals surface area (Å²) in [6.07, 6.45) is 4.21. The summed E-state index contributed by atoms with van der Waals surface area (Å²) in [7, 11) is -1.75. The number of nitrogens with two attached hydrogens (primary N) is 1. The second-order valence-electron chi connectivity index (χ2n) is 5.47. The van der Waals surface area contributed by atoms with Crippen molar-refractivity contribution >= 4 is 15.7 Å². The lowest BCUT2D eigenvalue weighted by molar-refractivity contribution is 0.0850. The van der Waals surface area contributed by atoms with Crippen LogP contribution in [0.25, 0.3) is 0 Å². The van der Waals surface area contributed by atoms with Crippen molar-refractivity contribution in [2.45, 2.75) is 37.8 Å². The summed E-state index contributed by atoms with van der Waals surface area (Å²) >= 11 is 0. The normalized spacial score (nSPS) is 23.2. The molecule has 0 saturated heterocycles. The van der Waals surface area contributed by atoms with Gasteiger partial charge in [-0.1, -0.05) is 6.42 Å². The molecule has 0 unspecified atom stereocenters. The van der Waals surface area contributed by atoms with Gasteiger partial charge in [-0.15, -0.1) is 0 Å². The fourth-order valence-electron chi connectivity index (χ4n) is 2.65. The van der Waals surface area contributed by atoms with Crippen LogP contribution in [0.1, 0.15) is 25.7 Å². The number of nitrogens with zero attached hydrogens (tertiary/aromatic N) is 1. The number of anilines is 1. The van der Waals surface area contributed by atoms with Gasteiger partial charge in [-0.05, 0) is 31.4 Å². The van der Waals surface area contributed by atoms with E-state index < -0.39 is 15.8 Å². The topological polar surface area (TPSA) is 72.6 Å². The third kappa shape index (κ3) is 3.85. The van der Waals surface area contributed by atoms with Gasteiger partial charge >= 0.3 is 0 Å². The molecule has 0 radical (unpaired) electrons. The Morgan fingerprint density at radius 3 is 2.67 bits per heavy atom. The number of sulfonamides is 1. The van der Waals surface area contributed by atoms with Gasteiger partial charge in [0.15, 0.2) is 0 Å². The van der Waals surface area contributed by atoms with E-state index in [0.29, 0.717) is 5.69 Å². The number of likely N-dealkylation sites (N-methyl/N-ethyl adjacent to an activating group) is 1. The van der Waals surface area contributed by atoms with Crippen molar-refractivity contribution in [2.24, 2.45) is 0 Å². The second kappa shape index (κ2) is 6.19. The fraction of sp³-hybridized carbons (Fsp3) is 0.571. The summed E-state index contributed by atoms with van der Waals surface area (Å²) in [5, 5.41) is 0. The van der Waals surface area contributed by atoms with E-state index in [1.54, 1.807) is 7.05 Å². The van der Waals surface area contributed by atoms with Gasteiger partial charge in [0.1, 0.15) is 17.7 Å². The lowest BCUT2D eigenvalue weighted by Gasteiger charge is -2.36. The van der Waals surface area contributed by atoms with Gasteiger partial charge in [0.25, 0.3) is 0 Å². The number of hydrogen-bond acceptors (Lipinski definition) is 4. The van der Waals surface area contributed by atoms with Crippen LogP contribution >= 0.6 is 0 Å². The van der Waals surface area contributed by atoms with Crippen molar-refractivity contribution in [3.63, 3.8) is 0 Å². The molecule has 0 amide bonds. The maximum Gasteiger partial charge on any atom is 0.211 e. The van der Waals surface area contributed by atoms with Crippen LogP contribution in [0.4, 0.5) is 10.1 Å². The number of nitrogen functional groups attached to an aromatic ring is 1. The average Bonchev–Trinajstić information content (AvgIpc) is 2.42. The smallest absolute Gasteiger partial charge is 0.211 e. The number of halogens is 1. The van der Waals surface area contributed by atoms with Crippen molar-refractivity contribution in [1.29, 1.82) is 0 Å². The highest BCUT2D eigenvalue weighted by Crippen LogP contribution is 2.30. The second-order valence-corrected chi connectivity index (χ2v) is 7.51. The minimum absolute atomic E-state index is 0.253. The molecule has 2 rings (SSSR count). The molecule has 1 aromatic rings. The van der Waals surface area contributed by atoms with Crippen LogP contribution in [0.15, 0.2) is 18.2 Å². The molecule has 21 heavy (non-hydrogen) atoms. The Kier molecular flexibility index (Phi) is 4.73. The van der Waals surface area contributed by atoms with Gasteiger partial charge in [-0.2, -0.15) is 4.31 Å². The van der Waals surface area contributed by atoms with E-state index in [-0.39, 0.29) is 17.9 Å². The van der Waals surface area contributed by atoms with E-state index in [2.05, 4.69) is 0 Å². The van der Waals surface area contributed by atoms with Crippen LogP contribution in [0.3, 0.4) is 0 Å². The summed E-state index contributed by atoms with van der Waals surface area (Å²) in [6.45, 7) is 0. The molecule has 5 nitrogen and oxygen atoms in total. The highest BCUT2D eigenvalue weighted by atomic mass is 32.2. The molecule has 1 fully saturated rings. The van der Waals surface area contributed by atoms with E-state index in [0.717, 1.165) is 25.7 Å². The molecular weight excluding hydrogens is 295 g/mol. The highest BCUT2D eigenvalue weighted by Gasteiger charge is 2.34. The Bertz CT molecular complexity index is 606. The molecular formula is C14H21FN2O3S. The number of rotatable bonds is 4. The zero-order valence-corrected chi connectivity index (χ0v) is 13.1. The predicted octanol–water partition coefficient (Wildman–Crippen LogP) is 1.99. The summed E-state index contributed by atoms with van der Waals surface area (Å²) < 4.78 is 43.9. The molecule has 1 aliphatic carbocycles. The number of benzene rings is 1. The third-order valence-electron chi connectivity index (χ3n) is 3.91. The van der Waals surface area contributed by atoms with Crippen LogP contribution in [0, 0.1) is 5.82 Å². The van der Waals surface area contributed by atoms with E-state index in [9.17, 15) is 12.8 Å². The molecule has 0 heterocycles. The zero-order valence-electron chi connectivity index (χ0n) is 12.3. The minimum Gasteiger partial charge on any atom is -0.486 e. The van der Waals surface area contributed by atoms with Crippen LogP contribution in [0.2, 0.25) is 0 Å². The van der Waals surface area contributed by atoms with Crippen molar-refractivity contribution in [3.05, 3.63) is 24.0 Å². The van der Waals surface area contributed by atoms with E-state index >= 15 is 0 Å². The highest BCUT2D eigenvalue weighted by molar-refractivity contribution is 7.88. The lowest BCUT2D eigenvalue weighted by atomic mass is 9.92. The number of ether oxygens (including phenoxy) is 1. The SMILES string of the molecule is CN([C@@H]1CCCC[C@H]1Oc1cc(F)ccc1N)S(C)(=O)=O. The molecule has 7 heteroatoms. The molecule has 0 aromatic heterocycles. The average molecular weight is 316 g/mol. The van der Waals surface area contributed by atoms with Crippen molar-refractivity contribution in [3.8, 4) is 5.75 Å². The maximum absolute atomic E-state index is 13.3. The quantitative estimate of drug-likeness (QED) is 0.862. The Labute approximate surface area is 124 Å². The molecule has 0 spiro atoms. The van der Waals surface area contributed by atoms with E-state index in [4.69, 9.17) is 10.5 Å². The molecule has 0 aliphatic heterocycles. The van der Waals surface area contributed by atoms with Gasteiger partial charge in [0.2, 0.25) is 10.0 Å². The third-order valence-corrected chi connectivity index (χ3v) is 5.23. The largest absolute Gasteiger partial charge is 0.486 e. The van der Waals surface area contributed by atoms with Gasteiger partial charge in [0, 0.05) is 13.1 Å². The Hall–Kier alpha value is -1.34. The molecule has 118 valence electrons. The Morgan fingerprint density at radius 2 is 2.00 bits per heavy atom. The van der Waals surface area contributed by atoms with Crippen LogP contribution in [-0.4, -0.2) is 38.2 Å². The Balaban J connectivity index is 2.21. The van der Waals surface area contributed by atoms with Crippen molar-refractivity contribution < 1.29 is 17.5 Å². The summed E-state index contributed by atoms with van der Waals surface area (Å²) in [5.41, 5.74) is 6.14. The fourth-order valence-corrected chi connectivity index (χ4v) is 3.38. The van der Waals surface area contributed by atoms with Gasteiger partial charge in [-0.25, -0.2) is 12.8 Å². The first-order valence-electron chi connectivity index (χ1n) is 6.93. The van der Waals surface area contributed by atoms with Crippen LogP contribution in [0.5, 0.6) is 5.75 Å². The van der Waals surface area contributed by atoms with Crippen LogP contribution < -0.4 is 10.5 Å². The molecule has 1 aromatic carbocycles. The first-order valence-corrected chi connectivity index (χ1v) is 8.78. The summed E-state index contributed by atoms with van der Waals surface area (Å²) in [4.78, 5) is 0. The van der Waals surface area contributed by atoms with Crippen molar-refractivity contribution in [2.75, 3.05) is 19.0 Å². The van der Waals surface area contributed by atoms with E-state index in [1.807, 2.05) is 0 Å². The Morgan fingerprint density at radius 1 is 1.33 bits per heavy atom. The minimum atomic E-state index is -3.30. The maximum atomic E-state index is 13.3. The first kappa shape index (κ1) is 16.0. The molecule has 1 aliphatic rings. The van der Waals surface area contributed by atoms with Gasteiger partial charge in [-0.3, -0.25) is 0 Å². The standard InChI is InChI=1S/C14H21FN2O3S/c1-17(21(2,18)19)12-5-3-4-6-13(12)20-14-9-10(15)7-8-11(14)16/h7-9,12-13H,3-6,16H2,1-2H3/t12-,13-/m1/s1. The first-order chi connectivity index (χ1) is 9.79. The zero-order chi connectivity index (χ0) is 15.6. The molecule has 2 atom stereocenters. The van der Waals surface area contributed by atoms with E-state index in [1.165, 1.54) is 28.8 Å². The van der Waals surface area contributed by atoms with Gasteiger partial charge < -0.3 is 10.5 Å².